The zero-order valence-corrected chi connectivity index (χ0v) is 16.2. The molecule has 1 aliphatic rings. The van der Waals surface area contributed by atoms with E-state index in [4.69, 9.17) is 0 Å². The zero-order chi connectivity index (χ0) is 16.1. The predicted molar refractivity (Wildman–Crippen MR) is 102 cm³/mol. The van der Waals surface area contributed by atoms with Crippen molar-refractivity contribution in [3.05, 3.63) is 29.1 Å². The second-order valence-electron chi connectivity index (χ2n) is 5.63. The quantitative estimate of drug-likeness (QED) is 0.796. The molecule has 2 rings (SSSR count). The van der Waals surface area contributed by atoms with Gasteiger partial charge in [-0.1, -0.05) is 26.8 Å². The molecule has 2 N–H and O–H groups in total. The third kappa shape index (κ3) is 5.06. The summed E-state index contributed by atoms with van der Waals surface area (Å²) in [6, 6.07) is 3.36. The Morgan fingerprint density at radius 1 is 1.29 bits per heavy atom. The average Bonchev–Trinajstić information content (AvgIpc) is 2.55. The maximum atomic E-state index is 14.6. The number of benzene rings is 1. The maximum Gasteiger partial charge on any atom is 0.241 e. The van der Waals surface area contributed by atoms with Crippen LogP contribution in [0.1, 0.15) is 38.3 Å². The van der Waals surface area contributed by atoms with Crippen LogP contribution in [0.15, 0.2) is 12.1 Å². The Morgan fingerprint density at radius 3 is 2.54 bits per heavy atom. The van der Waals surface area contributed by atoms with Gasteiger partial charge in [-0.2, -0.15) is 0 Å². The zero-order valence-electron chi connectivity index (χ0n) is 14.5. The second kappa shape index (κ2) is 10.9. The summed E-state index contributed by atoms with van der Waals surface area (Å²) in [5, 5.41) is 6.01. The van der Waals surface area contributed by atoms with Crippen LogP contribution in [-0.4, -0.2) is 36.5 Å². The Labute approximate surface area is 156 Å². The fourth-order valence-corrected chi connectivity index (χ4v) is 3.12. The summed E-state index contributed by atoms with van der Waals surface area (Å²) in [5.41, 5.74) is 2.02. The average molecular weight is 380 g/mol. The molecule has 0 radical (unpaired) electrons. The highest BCUT2D eigenvalue weighted by Crippen LogP contribution is 2.25. The van der Waals surface area contributed by atoms with Gasteiger partial charge in [-0.15, -0.1) is 24.8 Å². The molecule has 0 fully saturated rings. The molecule has 1 heterocycles. The lowest BCUT2D eigenvalue weighted by Gasteiger charge is -2.28. The van der Waals surface area contributed by atoms with E-state index < -0.39 is 0 Å². The molecular formula is C17H28Cl2FN3O. The van der Waals surface area contributed by atoms with E-state index in [0.29, 0.717) is 25.1 Å². The first kappa shape index (κ1) is 23.1. The second-order valence-corrected chi connectivity index (χ2v) is 5.63. The SMILES string of the molecule is CCC(C(=O)Nc1ccc2c(c1F)CCNC2)N(CC)CC.Cl.Cl. The number of rotatable bonds is 6. The fraction of sp³-hybridized carbons (Fsp3) is 0.588. The molecule has 0 aromatic heterocycles. The van der Waals surface area contributed by atoms with Crippen molar-refractivity contribution in [2.45, 2.75) is 46.2 Å². The van der Waals surface area contributed by atoms with E-state index in [-0.39, 0.29) is 42.6 Å². The van der Waals surface area contributed by atoms with Crippen molar-refractivity contribution in [1.82, 2.24) is 10.2 Å². The van der Waals surface area contributed by atoms with Crippen molar-refractivity contribution in [3.8, 4) is 0 Å². The van der Waals surface area contributed by atoms with Crippen molar-refractivity contribution in [3.63, 3.8) is 0 Å². The van der Waals surface area contributed by atoms with Crippen LogP contribution in [0.5, 0.6) is 0 Å². The van der Waals surface area contributed by atoms with E-state index in [1.165, 1.54) is 0 Å². The number of amides is 1. The molecular weight excluding hydrogens is 352 g/mol. The summed E-state index contributed by atoms with van der Waals surface area (Å²) in [5.74, 6) is -0.402. The normalized spacial score (nSPS) is 14.2. The molecule has 24 heavy (non-hydrogen) atoms. The lowest BCUT2D eigenvalue weighted by Crippen LogP contribution is -2.43. The molecule has 0 saturated carbocycles. The highest BCUT2D eigenvalue weighted by molar-refractivity contribution is 5.95. The number of carbonyl (C=O) groups is 1. The van der Waals surface area contributed by atoms with Gasteiger partial charge in [0.15, 0.2) is 0 Å². The number of carbonyl (C=O) groups excluding carboxylic acids is 1. The lowest BCUT2D eigenvalue weighted by molar-refractivity contribution is -0.121. The molecule has 0 spiro atoms. The van der Waals surface area contributed by atoms with Crippen LogP contribution in [-0.2, 0) is 17.8 Å². The van der Waals surface area contributed by atoms with E-state index in [1.54, 1.807) is 6.07 Å². The van der Waals surface area contributed by atoms with Crippen molar-refractivity contribution >= 4 is 36.4 Å². The summed E-state index contributed by atoms with van der Waals surface area (Å²) in [7, 11) is 0. The van der Waals surface area contributed by atoms with E-state index in [0.717, 1.165) is 30.8 Å². The number of likely N-dealkylation sites (N-methyl/N-ethyl adjacent to an activating group) is 1. The molecule has 1 unspecified atom stereocenters. The lowest BCUT2D eigenvalue weighted by atomic mass is 9.99. The molecule has 1 aliphatic heterocycles. The highest BCUT2D eigenvalue weighted by Gasteiger charge is 2.24. The van der Waals surface area contributed by atoms with Gasteiger partial charge in [0, 0.05) is 6.54 Å². The van der Waals surface area contributed by atoms with Crippen LogP contribution >= 0.6 is 24.8 Å². The van der Waals surface area contributed by atoms with Gasteiger partial charge in [-0.3, -0.25) is 9.69 Å². The molecule has 4 nitrogen and oxygen atoms in total. The Balaban J connectivity index is 0.00000264. The first-order chi connectivity index (χ1) is 10.6. The van der Waals surface area contributed by atoms with E-state index >= 15 is 0 Å². The Hall–Kier alpha value is -0.880. The maximum absolute atomic E-state index is 14.6. The summed E-state index contributed by atoms with van der Waals surface area (Å²) in [4.78, 5) is 14.6. The van der Waals surface area contributed by atoms with Crippen molar-refractivity contribution in [2.75, 3.05) is 25.0 Å². The molecule has 1 aromatic carbocycles. The van der Waals surface area contributed by atoms with Gasteiger partial charge in [-0.25, -0.2) is 4.39 Å². The van der Waals surface area contributed by atoms with Gasteiger partial charge in [-0.05, 0) is 49.7 Å². The smallest absolute Gasteiger partial charge is 0.241 e. The van der Waals surface area contributed by atoms with Crippen LogP contribution < -0.4 is 10.6 Å². The summed E-state index contributed by atoms with van der Waals surface area (Å²) < 4.78 is 14.6. The van der Waals surface area contributed by atoms with E-state index in [1.807, 2.05) is 26.8 Å². The number of anilines is 1. The molecule has 1 aromatic rings. The van der Waals surface area contributed by atoms with Gasteiger partial charge in [0.25, 0.3) is 0 Å². The number of nitrogens with one attached hydrogen (secondary N) is 2. The molecule has 1 atom stereocenters. The predicted octanol–water partition coefficient (Wildman–Crippen LogP) is 3.37. The molecule has 0 aliphatic carbocycles. The van der Waals surface area contributed by atoms with Gasteiger partial charge in [0.1, 0.15) is 5.82 Å². The Morgan fingerprint density at radius 2 is 1.96 bits per heavy atom. The largest absolute Gasteiger partial charge is 0.322 e. The molecule has 0 bridgehead atoms. The third-order valence-corrected chi connectivity index (χ3v) is 4.41. The summed E-state index contributed by atoms with van der Waals surface area (Å²) in [6.07, 6.45) is 1.38. The van der Waals surface area contributed by atoms with Crippen molar-refractivity contribution < 1.29 is 9.18 Å². The molecule has 1 amide bonds. The van der Waals surface area contributed by atoms with Crippen LogP contribution in [0.4, 0.5) is 10.1 Å². The number of hydrogen-bond acceptors (Lipinski definition) is 3. The highest BCUT2D eigenvalue weighted by atomic mass is 35.5. The number of fused-ring (bicyclic) bond motifs is 1. The molecule has 7 heteroatoms. The van der Waals surface area contributed by atoms with Crippen LogP contribution in [0.2, 0.25) is 0 Å². The number of halogens is 3. The first-order valence-electron chi connectivity index (χ1n) is 8.18. The van der Waals surface area contributed by atoms with Crippen molar-refractivity contribution in [2.24, 2.45) is 0 Å². The monoisotopic (exact) mass is 379 g/mol. The van der Waals surface area contributed by atoms with Gasteiger partial charge in [0.05, 0.1) is 11.7 Å². The van der Waals surface area contributed by atoms with Crippen LogP contribution in [0.25, 0.3) is 0 Å². The molecule has 0 saturated heterocycles. The first-order valence-corrected chi connectivity index (χ1v) is 8.18. The van der Waals surface area contributed by atoms with Gasteiger partial charge < -0.3 is 10.6 Å². The summed E-state index contributed by atoms with van der Waals surface area (Å²) in [6.45, 7) is 9.13. The van der Waals surface area contributed by atoms with Crippen molar-refractivity contribution in [1.29, 1.82) is 0 Å². The number of nitrogens with zero attached hydrogens (tertiary/aromatic N) is 1. The van der Waals surface area contributed by atoms with E-state index in [9.17, 15) is 9.18 Å². The van der Waals surface area contributed by atoms with Gasteiger partial charge in [0.2, 0.25) is 5.91 Å². The van der Waals surface area contributed by atoms with Gasteiger partial charge >= 0.3 is 0 Å². The standard InChI is InChI=1S/C17H26FN3O.2ClH/c1-4-15(21(5-2)6-3)17(22)20-14-8-7-12-11-19-10-9-13(12)16(14)18;;/h7-8,15,19H,4-6,9-11H2,1-3H3,(H,20,22);2*1H. The Kier molecular flexibility index (Phi) is 10.5. The Bertz CT molecular complexity index is 539. The topological polar surface area (TPSA) is 44.4 Å². The molecule has 138 valence electrons. The third-order valence-electron chi connectivity index (χ3n) is 4.41. The number of hydrogen-bond donors (Lipinski definition) is 2. The van der Waals surface area contributed by atoms with Crippen LogP contribution in [0, 0.1) is 5.82 Å². The fourth-order valence-electron chi connectivity index (χ4n) is 3.12. The minimum atomic E-state index is -0.276. The van der Waals surface area contributed by atoms with E-state index in [2.05, 4.69) is 15.5 Å². The van der Waals surface area contributed by atoms with Crippen LogP contribution in [0.3, 0.4) is 0 Å². The summed E-state index contributed by atoms with van der Waals surface area (Å²) >= 11 is 0. The minimum absolute atomic E-state index is 0. The minimum Gasteiger partial charge on any atom is -0.322 e.